The van der Waals surface area contributed by atoms with Gasteiger partial charge in [0.2, 0.25) is 0 Å². The van der Waals surface area contributed by atoms with Crippen molar-refractivity contribution in [2.45, 2.75) is 18.0 Å². The number of carboxylic acids is 1. The number of alkyl halides is 3. The van der Waals surface area contributed by atoms with Gasteiger partial charge in [0, 0.05) is 18.5 Å². The number of rotatable bonds is 3. The van der Waals surface area contributed by atoms with E-state index < -0.39 is 23.5 Å². The van der Waals surface area contributed by atoms with Crippen molar-refractivity contribution < 1.29 is 27.9 Å². The average molecular weight is 287 g/mol. The van der Waals surface area contributed by atoms with Crippen LogP contribution >= 0.6 is 0 Å². The van der Waals surface area contributed by atoms with E-state index in [9.17, 15) is 22.8 Å². The third-order valence-electron chi connectivity index (χ3n) is 3.39. The highest BCUT2D eigenvalue weighted by Crippen LogP contribution is 2.39. The van der Waals surface area contributed by atoms with Crippen molar-refractivity contribution in [2.75, 3.05) is 13.1 Å². The van der Waals surface area contributed by atoms with Crippen LogP contribution in [0.1, 0.15) is 12.0 Å². The SMILES string of the molecule is O=C(O)CC1(c2ccccc2)CN(C(=O)C(F)(F)F)C1. The minimum atomic E-state index is -4.92. The van der Waals surface area contributed by atoms with E-state index in [0.29, 0.717) is 10.5 Å². The summed E-state index contributed by atoms with van der Waals surface area (Å²) in [7, 11) is 0. The maximum atomic E-state index is 12.3. The maximum Gasteiger partial charge on any atom is 0.471 e. The normalized spacial score (nSPS) is 17.4. The van der Waals surface area contributed by atoms with E-state index in [1.807, 2.05) is 0 Å². The van der Waals surface area contributed by atoms with Gasteiger partial charge < -0.3 is 10.0 Å². The number of hydrogen-bond donors (Lipinski definition) is 1. The number of carbonyl (C=O) groups excluding carboxylic acids is 1. The van der Waals surface area contributed by atoms with Crippen LogP contribution < -0.4 is 0 Å². The Bertz CT molecular complexity index is 521. The lowest BCUT2D eigenvalue weighted by Crippen LogP contribution is -2.64. The molecule has 0 aliphatic carbocycles. The van der Waals surface area contributed by atoms with Crippen LogP contribution in [0.2, 0.25) is 0 Å². The molecular formula is C13H12F3NO3. The first kappa shape index (κ1) is 14.4. The molecule has 0 spiro atoms. The van der Waals surface area contributed by atoms with E-state index in [-0.39, 0.29) is 19.5 Å². The second kappa shape index (κ2) is 4.81. The molecule has 0 radical (unpaired) electrons. The van der Waals surface area contributed by atoms with Crippen LogP contribution in [0, 0.1) is 0 Å². The van der Waals surface area contributed by atoms with Crippen molar-refractivity contribution in [3.8, 4) is 0 Å². The van der Waals surface area contributed by atoms with E-state index in [1.54, 1.807) is 30.3 Å². The van der Waals surface area contributed by atoms with E-state index >= 15 is 0 Å². The van der Waals surface area contributed by atoms with Gasteiger partial charge in [0.15, 0.2) is 0 Å². The van der Waals surface area contributed by atoms with E-state index in [2.05, 4.69) is 0 Å². The number of benzene rings is 1. The van der Waals surface area contributed by atoms with Crippen LogP contribution in [-0.4, -0.2) is 41.1 Å². The Hall–Kier alpha value is -2.05. The lowest BCUT2D eigenvalue weighted by atomic mass is 9.71. The predicted molar refractivity (Wildman–Crippen MR) is 63.0 cm³/mol. The summed E-state index contributed by atoms with van der Waals surface area (Å²) in [4.78, 5) is 22.7. The maximum absolute atomic E-state index is 12.3. The first-order valence-electron chi connectivity index (χ1n) is 5.88. The Morgan fingerprint density at radius 3 is 2.20 bits per heavy atom. The highest BCUT2D eigenvalue weighted by Gasteiger charge is 2.53. The van der Waals surface area contributed by atoms with Gasteiger partial charge in [-0.25, -0.2) is 0 Å². The Morgan fingerprint density at radius 2 is 1.75 bits per heavy atom. The molecule has 1 aliphatic heterocycles. The molecule has 0 aromatic heterocycles. The van der Waals surface area contributed by atoms with Gasteiger partial charge in [-0.2, -0.15) is 13.2 Å². The molecule has 108 valence electrons. The molecule has 2 rings (SSSR count). The second-order valence-corrected chi connectivity index (χ2v) is 4.88. The largest absolute Gasteiger partial charge is 0.481 e. The Labute approximate surface area is 112 Å². The zero-order chi connectivity index (χ0) is 15.0. The van der Waals surface area contributed by atoms with Crippen molar-refractivity contribution in [3.63, 3.8) is 0 Å². The number of carboxylic acid groups (broad SMARTS) is 1. The molecule has 1 N–H and O–H groups in total. The highest BCUT2D eigenvalue weighted by molar-refractivity contribution is 5.83. The van der Waals surface area contributed by atoms with E-state index in [0.717, 1.165) is 0 Å². The Balaban J connectivity index is 2.19. The van der Waals surface area contributed by atoms with Crippen LogP contribution in [0.5, 0.6) is 0 Å². The lowest BCUT2D eigenvalue weighted by Gasteiger charge is -2.49. The summed E-state index contributed by atoms with van der Waals surface area (Å²) in [5, 5.41) is 8.93. The molecule has 1 fully saturated rings. The van der Waals surface area contributed by atoms with Crippen LogP contribution in [0.4, 0.5) is 13.2 Å². The van der Waals surface area contributed by atoms with E-state index in [1.165, 1.54) is 0 Å². The number of likely N-dealkylation sites (tertiary alicyclic amines) is 1. The molecular weight excluding hydrogens is 275 g/mol. The number of aliphatic carboxylic acids is 1. The lowest BCUT2D eigenvalue weighted by molar-refractivity contribution is -0.193. The summed E-state index contributed by atoms with van der Waals surface area (Å²) in [5.74, 6) is -3.03. The van der Waals surface area contributed by atoms with Crippen molar-refractivity contribution in [1.29, 1.82) is 0 Å². The number of amides is 1. The van der Waals surface area contributed by atoms with Crippen molar-refractivity contribution in [1.82, 2.24) is 4.90 Å². The van der Waals surface area contributed by atoms with Gasteiger partial charge in [-0.15, -0.1) is 0 Å². The molecule has 1 aliphatic rings. The van der Waals surface area contributed by atoms with Gasteiger partial charge in [-0.05, 0) is 5.56 Å². The van der Waals surface area contributed by atoms with Gasteiger partial charge in [0.05, 0.1) is 6.42 Å². The summed E-state index contributed by atoms with van der Waals surface area (Å²) in [6.45, 7) is -0.469. The first-order chi connectivity index (χ1) is 9.24. The minimum absolute atomic E-state index is 0.234. The fraction of sp³-hybridized carbons (Fsp3) is 0.385. The average Bonchev–Trinajstić information content (AvgIpc) is 2.32. The van der Waals surface area contributed by atoms with E-state index in [4.69, 9.17) is 5.11 Å². The Kier molecular flexibility index (Phi) is 3.45. The number of carbonyl (C=O) groups is 2. The van der Waals surface area contributed by atoms with Crippen LogP contribution in [0.3, 0.4) is 0 Å². The molecule has 1 amide bonds. The first-order valence-corrected chi connectivity index (χ1v) is 5.88. The second-order valence-electron chi connectivity index (χ2n) is 4.88. The zero-order valence-electron chi connectivity index (χ0n) is 10.4. The molecule has 0 bridgehead atoms. The molecule has 4 nitrogen and oxygen atoms in total. The number of halogens is 3. The standard InChI is InChI=1S/C13H12F3NO3/c14-13(15,16)11(20)17-7-12(8-17,6-10(18)19)9-4-2-1-3-5-9/h1-5H,6-8H2,(H,18,19). The molecule has 7 heteroatoms. The van der Waals surface area contributed by atoms with Crippen molar-refractivity contribution >= 4 is 11.9 Å². The monoisotopic (exact) mass is 287 g/mol. The molecule has 20 heavy (non-hydrogen) atoms. The third kappa shape index (κ3) is 2.61. The van der Waals surface area contributed by atoms with Gasteiger partial charge in [-0.3, -0.25) is 9.59 Å². The zero-order valence-corrected chi connectivity index (χ0v) is 10.4. The minimum Gasteiger partial charge on any atom is -0.481 e. The molecule has 1 saturated heterocycles. The molecule has 1 aromatic rings. The topological polar surface area (TPSA) is 57.6 Å². The third-order valence-corrected chi connectivity index (χ3v) is 3.39. The fourth-order valence-corrected chi connectivity index (χ4v) is 2.48. The molecule has 1 aromatic carbocycles. The summed E-state index contributed by atoms with van der Waals surface area (Å²) < 4.78 is 37.0. The molecule has 1 heterocycles. The van der Waals surface area contributed by atoms with Crippen LogP contribution in [-0.2, 0) is 15.0 Å². The summed E-state index contributed by atoms with van der Waals surface area (Å²) in [6.07, 6.45) is -5.23. The fourth-order valence-electron chi connectivity index (χ4n) is 2.48. The van der Waals surface area contributed by atoms with Crippen LogP contribution in [0.25, 0.3) is 0 Å². The van der Waals surface area contributed by atoms with Gasteiger partial charge >= 0.3 is 18.1 Å². The van der Waals surface area contributed by atoms with Crippen molar-refractivity contribution in [3.05, 3.63) is 35.9 Å². The smallest absolute Gasteiger partial charge is 0.471 e. The van der Waals surface area contributed by atoms with Gasteiger partial charge in [-0.1, -0.05) is 30.3 Å². The predicted octanol–water partition coefficient (Wildman–Crippen LogP) is 1.80. The summed E-state index contributed by atoms with van der Waals surface area (Å²) in [5.41, 5.74) is -0.304. The molecule has 0 saturated carbocycles. The summed E-state index contributed by atoms with van der Waals surface area (Å²) >= 11 is 0. The quantitative estimate of drug-likeness (QED) is 0.922. The van der Waals surface area contributed by atoms with Crippen LogP contribution in [0.15, 0.2) is 30.3 Å². The highest BCUT2D eigenvalue weighted by atomic mass is 19.4. The molecule has 0 atom stereocenters. The number of nitrogens with zero attached hydrogens (tertiary/aromatic N) is 1. The summed E-state index contributed by atoms with van der Waals surface area (Å²) in [6, 6.07) is 8.44. The number of hydrogen-bond acceptors (Lipinski definition) is 2. The van der Waals surface area contributed by atoms with Gasteiger partial charge in [0.25, 0.3) is 0 Å². The van der Waals surface area contributed by atoms with Crippen molar-refractivity contribution in [2.24, 2.45) is 0 Å². The molecule has 0 unspecified atom stereocenters. The van der Waals surface area contributed by atoms with Gasteiger partial charge in [0.1, 0.15) is 0 Å². The Morgan fingerprint density at radius 1 is 1.20 bits per heavy atom.